The van der Waals surface area contributed by atoms with Crippen molar-refractivity contribution in [3.05, 3.63) is 34.9 Å². The molecule has 0 unspecified atom stereocenters. The van der Waals surface area contributed by atoms with Crippen molar-refractivity contribution in [2.45, 2.75) is 98.7 Å². The second-order valence-electron chi connectivity index (χ2n) is 9.28. The van der Waals surface area contributed by atoms with Crippen LogP contribution in [0.5, 0.6) is 0 Å². The summed E-state index contributed by atoms with van der Waals surface area (Å²) in [6, 6.07) is 8.35. The molecule has 22 heavy (non-hydrogen) atoms. The van der Waals surface area contributed by atoms with Crippen molar-refractivity contribution < 1.29 is 0 Å². The second kappa shape index (κ2) is 6.74. The predicted molar refractivity (Wildman–Crippen MR) is 99.7 cm³/mol. The highest BCUT2D eigenvalue weighted by Gasteiger charge is 2.22. The molecule has 0 bridgehead atoms. The zero-order valence-corrected chi connectivity index (χ0v) is 16.5. The Morgan fingerprint density at radius 1 is 0.727 bits per heavy atom. The summed E-state index contributed by atoms with van der Waals surface area (Å²) in [6.45, 7) is 24.0. The molecule has 0 fully saturated rings. The highest BCUT2D eigenvalue weighted by atomic mass is 15.2. The van der Waals surface area contributed by atoms with Gasteiger partial charge in [-0.3, -0.25) is 4.90 Å². The van der Waals surface area contributed by atoms with Crippen LogP contribution in [0.15, 0.2) is 18.2 Å². The molecule has 0 saturated carbocycles. The van der Waals surface area contributed by atoms with Crippen molar-refractivity contribution in [1.29, 1.82) is 0 Å². The number of hydrogen-bond acceptors (Lipinski definition) is 1. The maximum absolute atomic E-state index is 2.56. The summed E-state index contributed by atoms with van der Waals surface area (Å²) in [4.78, 5) is 2.56. The number of hydrogen-bond donors (Lipinski definition) is 0. The van der Waals surface area contributed by atoms with Gasteiger partial charge in [0.25, 0.3) is 0 Å². The van der Waals surface area contributed by atoms with E-state index in [0.717, 1.165) is 6.54 Å². The van der Waals surface area contributed by atoms with Gasteiger partial charge >= 0.3 is 0 Å². The summed E-state index contributed by atoms with van der Waals surface area (Å²) in [5.74, 6) is 0. The van der Waals surface area contributed by atoms with E-state index in [9.17, 15) is 0 Å². The lowest BCUT2D eigenvalue weighted by molar-refractivity contribution is 0.166. The van der Waals surface area contributed by atoms with Gasteiger partial charge in [-0.25, -0.2) is 0 Å². The average molecular weight is 304 g/mol. The van der Waals surface area contributed by atoms with E-state index in [2.05, 4.69) is 92.3 Å². The molecule has 1 nitrogen and oxygen atoms in total. The van der Waals surface area contributed by atoms with E-state index >= 15 is 0 Å². The quantitative estimate of drug-likeness (QED) is 0.669. The van der Waals surface area contributed by atoms with E-state index in [0.29, 0.717) is 12.1 Å². The van der Waals surface area contributed by atoms with E-state index in [-0.39, 0.29) is 10.8 Å². The van der Waals surface area contributed by atoms with Crippen molar-refractivity contribution in [1.82, 2.24) is 4.90 Å². The molecule has 0 heterocycles. The van der Waals surface area contributed by atoms with Crippen LogP contribution in [-0.2, 0) is 17.4 Å². The maximum Gasteiger partial charge on any atom is 0.0239 e. The molecule has 1 aromatic rings. The highest BCUT2D eigenvalue weighted by Crippen LogP contribution is 2.31. The Hall–Kier alpha value is -0.820. The molecular formula is C21H37N. The van der Waals surface area contributed by atoms with Crippen LogP contribution in [0.3, 0.4) is 0 Å². The summed E-state index contributed by atoms with van der Waals surface area (Å²) in [5, 5.41) is 0. The van der Waals surface area contributed by atoms with E-state index in [1.165, 1.54) is 16.7 Å². The van der Waals surface area contributed by atoms with Gasteiger partial charge in [-0.05, 0) is 55.2 Å². The molecule has 1 heteroatoms. The fourth-order valence-electron chi connectivity index (χ4n) is 2.82. The van der Waals surface area contributed by atoms with Gasteiger partial charge in [0.05, 0.1) is 0 Å². The lowest BCUT2D eigenvalue weighted by Gasteiger charge is -2.32. The number of nitrogens with zero attached hydrogens (tertiary/aromatic N) is 1. The Kier molecular flexibility index (Phi) is 5.89. The predicted octanol–water partition coefficient (Wildman–Crippen LogP) is 5.90. The molecule has 0 amide bonds. The first-order chi connectivity index (χ1) is 9.82. The van der Waals surface area contributed by atoms with E-state index in [1.54, 1.807) is 0 Å². The molecule has 0 N–H and O–H groups in total. The fraction of sp³-hybridized carbons (Fsp3) is 0.714. The third kappa shape index (κ3) is 5.12. The molecule has 1 aromatic carbocycles. The van der Waals surface area contributed by atoms with Crippen molar-refractivity contribution in [3.8, 4) is 0 Å². The minimum Gasteiger partial charge on any atom is -0.294 e. The first kappa shape index (κ1) is 19.2. The maximum atomic E-state index is 2.56. The van der Waals surface area contributed by atoms with Crippen LogP contribution in [0.2, 0.25) is 0 Å². The summed E-state index contributed by atoms with van der Waals surface area (Å²) in [6.07, 6.45) is 0. The van der Waals surface area contributed by atoms with Crippen LogP contribution in [0, 0.1) is 0 Å². The summed E-state index contributed by atoms with van der Waals surface area (Å²) < 4.78 is 0. The monoisotopic (exact) mass is 303 g/mol. The lowest BCUT2D eigenvalue weighted by atomic mass is 9.79. The van der Waals surface area contributed by atoms with E-state index in [1.807, 2.05) is 0 Å². The smallest absolute Gasteiger partial charge is 0.0239 e. The molecule has 0 aliphatic rings. The molecular weight excluding hydrogens is 266 g/mol. The Morgan fingerprint density at radius 2 is 1.09 bits per heavy atom. The van der Waals surface area contributed by atoms with Crippen molar-refractivity contribution in [3.63, 3.8) is 0 Å². The van der Waals surface area contributed by atoms with Crippen LogP contribution < -0.4 is 0 Å². The molecule has 126 valence electrons. The minimum absolute atomic E-state index is 0.191. The zero-order chi connectivity index (χ0) is 17.3. The Labute approximate surface area is 139 Å². The van der Waals surface area contributed by atoms with Crippen LogP contribution in [0.25, 0.3) is 0 Å². The average Bonchev–Trinajstić information content (AvgIpc) is 2.32. The Bertz CT molecular complexity index is 443. The van der Waals surface area contributed by atoms with Crippen molar-refractivity contribution in [2.24, 2.45) is 0 Å². The van der Waals surface area contributed by atoms with E-state index in [4.69, 9.17) is 0 Å². The van der Waals surface area contributed by atoms with Gasteiger partial charge in [-0.2, -0.15) is 0 Å². The molecule has 0 saturated heterocycles. The molecule has 0 radical (unpaired) electrons. The van der Waals surface area contributed by atoms with Gasteiger partial charge in [0.1, 0.15) is 0 Å². The summed E-state index contributed by atoms with van der Waals surface area (Å²) >= 11 is 0. The number of benzene rings is 1. The lowest BCUT2D eigenvalue weighted by Crippen LogP contribution is -2.36. The molecule has 0 atom stereocenters. The summed E-state index contributed by atoms with van der Waals surface area (Å²) in [7, 11) is 0. The van der Waals surface area contributed by atoms with Gasteiger partial charge < -0.3 is 0 Å². The standard InChI is InChI=1S/C21H37N/c1-15(2)22(16(3)4)14-17-11-18(20(5,6)7)13-19(12-17)21(8,9)10/h11-13,15-16H,14H2,1-10H3. The molecule has 1 rings (SSSR count). The van der Waals surface area contributed by atoms with Gasteiger partial charge in [0.15, 0.2) is 0 Å². The Morgan fingerprint density at radius 3 is 1.36 bits per heavy atom. The van der Waals surface area contributed by atoms with Gasteiger partial charge in [-0.15, -0.1) is 0 Å². The third-order valence-corrected chi connectivity index (χ3v) is 4.42. The fourth-order valence-corrected chi connectivity index (χ4v) is 2.82. The molecule has 0 spiro atoms. The SMILES string of the molecule is CC(C)N(Cc1cc(C(C)(C)C)cc(C(C)(C)C)c1)C(C)C. The number of rotatable bonds is 4. The van der Waals surface area contributed by atoms with Crippen molar-refractivity contribution in [2.75, 3.05) is 0 Å². The first-order valence-corrected chi connectivity index (χ1v) is 8.73. The van der Waals surface area contributed by atoms with Crippen LogP contribution in [-0.4, -0.2) is 17.0 Å². The topological polar surface area (TPSA) is 3.24 Å². The largest absolute Gasteiger partial charge is 0.294 e. The normalized spacial score (nSPS) is 13.5. The molecule has 0 aromatic heterocycles. The van der Waals surface area contributed by atoms with Crippen molar-refractivity contribution >= 4 is 0 Å². The first-order valence-electron chi connectivity index (χ1n) is 8.73. The van der Waals surface area contributed by atoms with Crippen LogP contribution in [0.4, 0.5) is 0 Å². The van der Waals surface area contributed by atoms with Gasteiger partial charge in [0, 0.05) is 18.6 Å². The van der Waals surface area contributed by atoms with Gasteiger partial charge in [0.2, 0.25) is 0 Å². The molecule has 0 aliphatic carbocycles. The Balaban J connectivity index is 3.29. The third-order valence-electron chi connectivity index (χ3n) is 4.42. The van der Waals surface area contributed by atoms with Crippen LogP contribution in [0.1, 0.15) is 85.9 Å². The molecule has 0 aliphatic heterocycles. The van der Waals surface area contributed by atoms with Gasteiger partial charge in [-0.1, -0.05) is 59.7 Å². The van der Waals surface area contributed by atoms with E-state index < -0.39 is 0 Å². The van der Waals surface area contributed by atoms with Crippen LogP contribution >= 0.6 is 0 Å². The summed E-state index contributed by atoms with van der Waals surface area (Å²) in [5.41, 5.74) is 4.72. The second-order valence-corrected chi connectivity index (χ2v) is 9.28. The highest BCUT2D eigenvalue weighted by molar-refractivity contribution is 5.37. The zero-order valence-electron chi connectivity index (χ0n) is 16.5. The minimum atomic E-state index is 0.191.